The average molecular weight is 243 g/mol. The molecule has 0 spiro atoms. The fourth-order valence-corrected chi connectivity index (χ4v) is 2.00. The zero-order chi connectivity index (χ0) is 12.7. The summed E-state index contributed by atoms with van der Waals surface area (Å²) in [6.45, 7) is 0. The van der Waals surface area contributed by atoms with Crippen molar-refractivity contribution >= 4 is 16.9 Å². The summed E-state index contributed by atoms with van der Waals surface area (Å²) in [5.41, 5.74) is 8.30. The van der Waals surface area contributed by atoms with Gasteiger partial charge >= 0.3 is 0 Å². The Balaban J connectivity index is 2.22. The smallest absolute Gasteiger partial charge is 0.159 e. The summed E-state index contributed by atoms with van der Waals surface area (Å²) in [5, 5.41) is 6.78. The minimum atomic E-state index is 0.453. The fraction of sp³-hybridized carbons (Fsp3) is 0.167. The van der Waals surface area contributed by atoms with Crippen LogP contribution in [-0.4, -0.2) is 26.9 Å². The van der Waals surface area contributed by atoms with Gasteiger partial charge in [-0.2, -0.15) is 5.10 Å². The lowest BCUT2D eigenvalue weighted by molar-refractivity contribution is 0.415. The van der Waals surface area contributed by atoms with Crippen molar-refractivity contribution in [1.82, 2.24) is 19.7 Å². The number of aromatic nitrogens is 4. The first-order valence-electron chi connectivity index (χ1n) is 5.51. The molecule has 0 atom stereocenters. The highest BCUT2D eigenvalue weighted by Gasteiger charge is 2.12. The van der Waals surface area contributed by atoms with E-state index in [-0.39, 0.29) is 0 Å². The van der Waals surface area contributed by atoms with Gasteiger partial charge < -0.3 is 15.0 Å². The van der Waals surface area contributed by atoms with E-state index in [4.69, 9.17) is 10.5 Å². The van der Waals surface area contributed by atoms with Gasteiger partial charge in [-0.15, -0.1) is 0 Å². The molecular weight excluding hydrogens is 230 g/mol. The summed E-state index contributed by atoms with van der Waals surface area (Å²) >= 11 is 0. The number of fused-ring (bicyclic) bond motifs is 1. The van der Waals surface area contributed by atoms with Crippen LogP contribution in [0.3, 0.4) is 0 Å². The standard InChI is InChI=1S/C12H13N5O/c1-17-10-4-3-7(18-2)5-8(10)14-12(17)9-6-11(13)16-15-9/h3-6H,1-2H3,(H3,13,15,16). The molecule has 6 nitrogen and oxygen atoms in total. The van der Waals surface area contributed by atoms with E-state index in [0.717, 1.165) is 28.3 Å². The number of nitrogen functional groups attached to an aromatic ring is 1. The van der Waals surface area contributed by atoms with Gasteiger partial charge in [-0.05, 0) is 12.1 Å². The summed E-state index contributed by atoms with van der Waals surface area (Å²) in [5.74, 6) is 2.04. The molecule has 2 aromatic heterocycles. The van der Waals surface area contributed by atoms with Gasteiger partial charge in [0.1, 0.15) is 17.3 Å². The van der Waals surface area contributed by atoms with Crippen LogP contribution in [0.4, 0.5) is 5.82 Å². The maximum absolute atomic E-state index is 5.61. The third kappa shape index (κ3) is 1.50. The van der Waals surface area contributed by atoms with Gasteiger partial charge in [-0.1, -0.05) is 0 Å². The van der Waals surface area contributed by atoms with Crippen molar-refractivity contribution in [3.63, 3.8) is 0 Å². The number of aromatic amines is 1. The van der Waals surface area contributed by atoms with Gasteiger partial charge in [0, 0.05) is 19.2 Å². The van der Waals surface area contributed by atoms with Gasteiger partial charge in [0.2, 0.25) is 0 Å². The van der Waals surface area contributed by atoms with Gasteiger partial charge in [0.05, 0.1) is 18.1 Å². The molecule has 92 valence electrons. The predicted octanol–water partition coefficient (Wildman–Crippen LogP) is 1.55. The van der Waals surface area contributed by atoms with E-state index in [1.807, 2.05) is 29.8 Å². The number of hydrogen-bond donors (Lipinski definition) is 2. The Morgan fingerprint density at radius 2 is 2.17 bits per heavy atom. The Kier molecular flexibility index (Phi) is 2.22. The van der Waals surface area contributed by atoms with Gasteiger partial charge in [0.15, 0.2) is 5.82 Å². The van der Waals surface area contributed by atoms with Crippen LogP contribution in [0.5, 0.6) is 5.75 Å². The third-order valence-electron chi connectivity index (χ3n) is 2.93. The molecule has 0 aliphatic carbocycles. The summed E-state index contributed by atoms with van der Waals surface area (Å²) in [7, 11) is 3.59. The molecule has 0 bridgehead atoms. The number of benzene rings is 1. The van der Waals surface area contributed by atoms with E-state index in [2.05, 4.69) is 15.2 Å². The third-order valence-corrected chi connectivity index (χ3v) is 2.93. The minimum Gasteiger partial charge on any atom is -0.497 e. The maximum atomic E-state index is 5.61. The lowest BCUT2D eigenvalue weighted by Crippen LogP contribution is -1.92. The molecular formula is C12H13N5O. The first-order chi connectivity index (χ1) is 8.69. The monoisotopic (exact) mass is 243 g/mol. The molecule has 0 aliphatic rings. The van der Waals surface area contributed by atoms with Gasteiger partial charge in [-0.25, -0.2) is 4.98 Å². The first kappa shape index (κ1) is 10.6. The summed E-state index contributed by atoms with van der Waals surface area (Å²) < 4.78 is 7.18. The van der Waals surface area contributed by atoms with Crippen molar-refractivity contribution in [2.45, 2.75) is 0 Å². The topological polar surface area (TPSA) is 81.8 Å². The number of H-pyrrole nitrogens is 1. The van der Waals surface area contributed by atoms with Crippen molar-refractivity contribution in [2.24, 2.45) is 7.05 Å². The van der Waals surface area contributed by atoms with Crippen molar-refractivity contribution < 1.29 is 4.74 Å². The molecule has 18 heavy (non-hydrogen) atoms. The number of nitrogens with two attached hydrogens (primary N) is 1. The van der Waals surface area contributed by atoms with E-state index in [1.165, 1.54) is 0 Å². The number of nitrogens with one attached hydrogen (secondary N) is 1. The van der Waals surface area contributed by atoms with Crippen molar-refractivity contribution in [3.8, 4) is 17.3 Å². The Morgan fingerprint density at radius 1 is 1.33 bits per heavy atom. The van der Waals surface area contributed by atoms with Crippen LogP contribution in [-0.2, 0) is 7.05 Å². The summed E-state index contributed by atoms with van der Waals surface area (Å²) in [6.07, 6.45) is 0. The van der Waals surface area contributed by atoms with Crippen molar-refractivity contribution in [2.75, 3.05) is 12.8 Å². The lowest BCUT2D eigenvalue weighted by atomic mass is 10.3. The van der Waals surface area contributed by atoms with Crippen LogP contribution in [0.1, 0.15) is 0 Å². The highest BCUT2D eigenvalue weighted by molar-refractivity contribution is 5.81. The molecule has 0 amide bonds. The number of nitrogens with zero attached hydrogens (tertiary/aromatic N) is 3. The van der Waals surface area contributed by atoms with Gasteiger partial charge in [0.25, 0.3) is 0 Å². The highest BCUT2D eigenvalue weighted by Crippen LogP contribution is 2.25. The average Bonchev–Trinajstić information content (AvgIpc) is 2.93. The molecule has 1 aromatic carbocycles. The highest BCUT2D eigenvalue weighted by atomic mass is 16.5. The molecule has 3 N–H and O–H groups in total. The number of rotatable bonds is 2. The molecule has 0 saturated carbocycles. The number of anilines is 1. The maximum Gasteiger partial charge on any atom is 0.159 e. The predicted molar refractivity (Wildman–Crippen MR) is 69.3 cm³/mol. The van der Waals surface area contributed by atoms with Crippen LogP contribution in [0, 0.1) is 0 Å². The largest absolute Gasteiger partial charge is 0.497 e. The van der Waals surface area contributed by atoms with Crippen molar-refractivity contribution in [3.05, 3.63) is 24.3 Å². The quantitative estimate of drug-likeness (QED) is 0.715. The molecule has 0 radical (unpaired) electrons. The van der Waals surface area contributed by atoms with Crippen molar-refractivity contribution in [1.29, 1.82) is 0 Å². The Morgan fingerprint density at radius 3 is 2.83 bits per heavy atom. The van der Waals surface area contributed by atoms with E-state index in [0.29, 0.717) is 5.82 Å². The number of ether oxygens (including phenoxy) is 1. The van der Waals surface area contributed by atoms with Crippen LogP contribution < -0.4 is 10.5 Å². The number of aryl methyl sites for hydroxylation is 1. The molecule has 2 heterocycles. The van der Waals surface area contributed by atoms with E-state index >= 15 is 0 Å². The van der Waals surface area contributed by atoms with Crippen LogP contribution in [0.15, 0.2) is 24.3 Å². The Labute approximate surface area is 103 Å². The molecule has 6 heteroatoms. The second-order valence-electron chi connectivity index (χ2n) is 4.06. The first-order valence-corrected chi connectivity index (χ1v) is 5.51. The normalized spacial score (nSPS) is 11.0. The minimum absolute atomic E-state index is 0.453. The van der Waals surface area contributed by atoms with E-state index in [1.54, 1.807) is 13.2 Å². The fourth-order valence-electron chi connectivity index (χ4n) is 2.00. The second kappa shape index (κ2) is 3.76. The lowest BCUT2D eigenvalue weighted by Gasteiger charge is -2.00. The SMILES string of the molecule is COc1ccc2c(c1)nc(-c1cc(N)n[nH]1)n2C. The van der Waals surface area contributed by atoms with Gasteiger partial charge in [-0.3, -0.25) is 5.10 Å². The second-order valence-corrected chi connectivity index (χ2v) is 4.06. The molecule has 3 aromatic rings. The number of methoxy groups -OCH3 is 1. The Hall–Kier alpha value is -2.50. The zero-order valence-electron chi connectivity index (χ0n) is 10.1. The molecule has 0 unspecified atom stereocenters. The number of imidazole rings is 1. The molecule has 0 fully saturated rings. The van der Waals surface area contributed by atoms with Crippen LogP contribution in [0.25, 0.3) is 22.6 Å². The summed E-state index contributed by atoms with van der Waals surface area (Å²) in [6, 6.07) is 7.55. The van der Waals surface area contributed by atoms with E-state index < -0.39 is 0 Å². The zero-order valence-corrected chi connectivity index (χ0v) is 10.1. The van der Waals surface area contributed by atoms with Crippen LogP contribution >= 0.6 is 0 Å². The number of hydrogen-bond acceptors (Lipinski definition) is 4. The van der Waals surface area contributed by atoms with Crippen LogP contribution in [0.2, 0.25) is 0 Å². The molecule has 0 aliphatic heterocycles. The van der Waals surface area contributed by atoms with E-state index in [9.17, 15) is 0 Å². The summed E-state index contributed by atoms with van der Waals surface area (Å²) in [4.78, 5) is 4.56. The Bertz CT molecular complexity index is 712. The molecule has 0 saturated heterocycles. The molecule has 3 rings (SSSR count).